The highest BCUT2D eigenvalue weighted by molar-refractivity contribution is 7.10. The smallest absolute Gasteiger partial charge is 0.150 e. The van der Waals surface area contributed by atoms with Crippen LogP contribution in [0, 0.1) is 0 Å². The Morgan fingerprint density at radius 3 is 2.68 bits per heavy atom. The molecule has 2 aromatic rings. The van der Waals surface area contributed by atoms with E-state index in [1.54, 1.807) is 24.5 Å². The van der Waals surface area contributed by atoms with Gasteiger partial charge in [0.25, 0.3) is 0 Å². The lowest BCUT2D eigenvalue weighted by Crippen LogP contribution is -2.22. The highest BCUT2D eigenvalue weighted by atomic mass is 35.5. The molecule has 0 radical (unpaired) electrons. The molecule has 0 saturated carbocycles. The first-order valence-corrected chi connectivity index (χ1v) is 7.48. The van der Waals surface area contributed by atoms with Crippen molar-refractivity contribution in [2.75, 3.05) is 24.3 Å². The number of rotatable bonds is 4. The molecule has 1 unspecified atom stereocenters. The van der Waals surface area contributed by atoms with Crippen LogP contribution in [0.3, 0.4) is 0 Å². The summed E-state index contributed by atoms with van der Waals surface area (Å²) >= 11 is 14.0. The molecule has 1 N–H and O–H groups in total. The van der Waals surface area contributed by atoms with Crippen LogP contribution in [-0.4, -0.2) is 19.1 Å². The number of nitrogens with one attached hydrogen (secondary N) is 1. The first-order valence-electron chi connectivity index (χ1n) is 5.84. The van der Waals surface area contributed by atoms with Gasteiger partial charge in [-0.15, -0.1) is 11.3 Å². The third-order valence-electron chi connectivity index (χ3n) is 3.02. The average molecular weight is 316 g/mol. The van der Waals surface area contributed by atoms with Gasteiger partial charge in [0.2, 0.25) is 0 Å². The molecule has 3 nitrogen and oxygen atoms in total. The summed E-state index contributed by atoms with van der Waals surface area (Å²) in [7, 11) is 3.76. The number of thiophene rings is 1. The molecule has 0 aliphatic carbocycles. The van der Waals surface area contributed by atoms with E-state index in [0.29, 0.717) is 15.9 Å². The van der Waals surface area contributed by atoms with Gasteiger partial charge in [0.15, 0.2) is 0 Å². The third-order valence-corrected chi connectivity index (χ3v) is 4.63. The van der Waals surface area contributed by atoms with Crippen molar-refractivity contribution in [2.24, 2.45) is 0 Å². The Balaban J connectivity index is 2.35. The van der Waals surface area contributed by atoms with E-state index >= 15 is 0 Å². The van der Waals surface area contributed by atoms with Crippen LogP contribution in [-0.2, 0) is 0 Å². The van der Waals surface area contributed by atoms with Crippen molar-refractivity contribution in [1.82, 2.24) is 4.98 Å². The van der Waals surface area contributed by atoms with Crippen LogP contribution >= 0.6 is 34.5 Å². The van der Waals surface area contributed by atoms with Crippen molar-refractivity contribution < 1.29 is 0 Å². The van der Waals surface area contributed by atoms with Crippen LogP contribution in [0.25, 0.3) is 0 Å². The average Bonchev–Trinajstić information content (AvgIpc) is 2.91. The van der Waals surface area contributed by atoms with Gasteiger partial charge in [-0.1, -0.05) is 29.3 Å². The normalized spacial score (nSPS) is 12.3. The van der Waals surface area contributed by atoms with Crippen molar-refractivity contribution in [3.8, 4) is 0 Å². The molecule has 0 saturated heterocycles. The van der Waals surface area contributed by atoms with E-state index in [9.17, 15) is 0 Å². The van der Waals surface area contributed by atoms with Gasteiger partial charge in [0, 0.05) is 19.0 Å². The van der Waals surface area contributed by atoms with Crippen LogP contribution in [0.2, 0.25) is 10.0 Å². The maximum Gasteiger partial charge on any atom is 0.150 e. The molecule has 0 bridgehead atoms. The van der Waals surface area contributed by atoms with Gasteiger partial charge < -0.3 is 10.2 Å². The molecule has 1 atom stereocenters. The second kappa shape index (κ2) is 5.99. The van der Waals surface area contributed by atoms with Gasteiger partial charge in [-0.05, 0) is 24.4 Å². The minimum atomic E-state index is 0.205. The lowest BCUT2D eigenvalue weighted by atomic mass is 10.2. The lowest BCUT2D eigenvalue weighted by Gasteiger charge is -2.26. The summed E-state index contributed by atoms with van der Waals surface area (Å²) in [6, 6.07) is 6.07. The minimum Gasteiger partial charge on any atom is -0.372 e. The number of halogens is 2. The van der Waals surface area contributed by atoms with E-state index in [-0.39, 0.29) is 6.04 Å². The standard InChI is InChI=1S/C13H15Cl2N3S/c1-8(11-5-4-6-19-11)18(3)13-10(15)7-9(14)12(16-2)17-13/h4-8H,1-3H3,(H,16,17). The van der Waals surface area contributed by atoms with Crippen molar-refractivity contribution in [3.05, 3.63) is 38.5 Å². The molecule has 0 fully saturated rings. The number of hydrogen-bond acceptors (Lipinski definition) is 4. The molecule has 0 aliphatic heterocycles. The molecule has 19 heavy (non-hydrogen) atoms. The Kier molecular flexibility index (Phi) is 4.55. The van der Waals surface area contributed by atoms with Gasteiger partial charge in [-0.3, -0.25) is 0 Å². The first kappa shape index (κ1) is 14.4. The second-order valence-electron chi connectivity index (χ2n) is 4.18. The number of pyridine rings is 1. The summed E-state index contributed by atoms with van der Waals surface area (Å²) in [6.45, 7) is 2.12. The van der Waals surface area contributed by atoms with Crippen LogP contribution in [0.15, 0.2) is 23.6 Å². The Bertz CT molecular complexity index is 557. The molecule has 0 aliphatic rings. The van der Waals surface area contributed by atoms with E-state index in [4.69, 9.17) is 23.2 Å². The highest BCUT2D eigenvalue weighted by Gasteiger charge is 2.18. The lowest BCUT2D eigenvalue weighted by molar-refractivity contribution is 0.743. The largest absolute Gasteiger partial charge is 0.372 e. The quantitative estimate of drug-likeness (QED) is 0.887. The van der Waals surface area contributed by atoms with Crippen LogP contribution < -0.4 is 10.2 Å². The monoisotopic (exact) mass is 315 g/mol. The fraction of sp³-hybridized carbons (Fsp3) is 0.308. The summed E-state index contributed by atoms with van der Waals surface area (Å²) < 4.78 is 0. The third kappa shape index (κ3) is 2.96. The van der Waals surface area contributed by atoms with Crippen LogP contribution in [0.4, 0.5) is 11.6 Å². The number of hydrogen-bond donors (Lipinski definition) is 1. The zero-order valence-electron chi connectivity index (χ0n) is 10.9. The number of nitrogens with zero attached hydrogens (tertiary/aromatic N) is 2. The van der Waals surface area contributed by atoms with Crippen LogP contribution in [0.5, 0.6) is 0 Å². The van der Waals surface area contributed by atoms with Gasteiger partial charge in [0.1, 0.15) is 11.6 Å². The van der Waals surface area contributed by atoms with E-state index in [1.807, 2.05) is 18.0 Å². The molecular formula is C13H15Cl2N3S. The summed E-state index contributed by atoms with van der Waals surface area (Å²) in [6.07, 6.45) is 0. The minimum absolute atomic E-state index is 0.205. The molecule has 2 rings (SSSR count). The summed E-state index contributed by atoms with van der Waals surface area (Å²) in [5.74, 6) is 1.35. The number of aromatic nitrogens is 1. The molecule has 2 aromatic heterocycles. The zero-order valence-corrected chi connectivity index (χ0v) is 13.3. The molecular weight excluding hydrogens is 301 g/mol. The Labute approximate surface area is 127 Å². The molecule has 0 aromatic carbocycles. The molecule has 6 heteroatoms. The summed E-state index contributed by atoms with van der Waals surface area (Å²) in [5, 5.41) is 6.10. The van der Waals surface area contributed by atoms with Crippen molar-refractivity contribution in [1.29, 1.82) is 0 Å². The molecule has 0 spiro atoms. The Morgan fingerprint density at radius 2 is 2.11 bits per heavy atom. The van der Waals surface area contributed by atoms with E-state index < -0.39 is 0 Å². The van der Waals surface area contributed by atoms with E-state index in [0.717, 1.165) is 5.82 Å². The molecule has 0 amide bonds. The SMILES string of the molecule is CNc1nc(N(C)C(C)c2cccs2)c(Cl)cc1Cl. The zero-order chi connectivity index (χ0) is 14.0. The summed E-state index contributed by atoms with van der Waals surface area (Å²) in [5.41, 5.74) is 0. The fourth-order valence-electron chi connectivity index (χ4n) is 1.78. The van der Waals surface area contributed by atoms with Gasteiger partial charge in [-0.2, -0.15) is 0 Å². The Morgan fingerprint density at radius 1 is 1.37 bits per heavy atom. The molecule has 102 valence electrons. The van der Waals surface area contributed by atoms with Gasteiger partial charge >= 0.3 is 0 Å². The van der Waals surface area contributed by atoms with Gasteiger partial charge in [-0.25, -0.2) is 4.98 Å². The predicted molar refractivity (Wildman–Crippen MR) is 84.9 cm³/mol. The van der Waals surface area contributed by atoms with Crippen LogP contribution in [0.1, 0.15) is 17.8 Å². The first-order chi connectivity index (χ1) is 9.04. The van der Waals surface area contributed by atoms with E-state index in [2.05, 4.69) is 28.7 Å². The second-order valence-corrected chi connectivity index (χ2v) is 5.97. The fourth-order valence-corrected chi connectivity index (χ4v) is 3.20. The molecule has 2 heterocycles. The van der Waals surface area contributed by atoms with E-state index in [1.165, 1.54) is 4.88 Å². The Hall–Kier alpha value is -0.970. The topological polar surface area (TPSA) is 28.2 Å². The number of anilines is 2. The van der Waals surface area contributed by atoms with Crippen molar-refractivity contribution in [3.63, 3.8) is 0 Å². The maximum atomic E-state index is 6.25. The summed E-state index contributed by atoms with van der Waals surface area (Å²) in [4.78, 5) is 7.79. The van der Waals surface area contributed by atoms with Gasteiger partial charge in [0.05, 0.1) is 16.1 Å². The highest BCUT2D eigenvalue weighted by Crippen LogP contribution is 2.35. The maximum absolute atomic E-state index is 6.25. The predicted octanol–water partition coefficient (Wildman–Crippen LogP) is 4.69. The van der Waals surface area contributed by atoms with Crippen molar-refractivity contribution in [2.45, 2.75) is 13.0 Å². The van der Waals surface area contributed by atoms with Crippen molar-refractivity contribution >= 4 is 46.2 Å².